The summed E-state index contributed by atoms with van der Waals surface area (Å²) in [7, 11) is 0. The van der Waals surface area contributed by atoms with Gasteiger partial charge in [0.05, 0.1) is 12.2 Å². The van der Waals surface area contributed by atoms with Crippen molar-refractivity contribution in [2.24, 2.45) is 0 Å². The highest BCUT2D eigenvalue weighted by Gasteiger charge is 2.21. The average Bonchev–Trinajstić information content (AvgIpc) is 2.53. The maximum atomic E-state index is 12.2. The summed E-state index contributed by atoms with van der Waals surface area (Å²) in [5, 5.41) is 2.96. The fourth-order valence-electron chi connectivity index (χ4n) is 2.57. The molecular weight excluding hydrogens is 330 g/mol. The second-order valence-corrected chi connectivity index (χ2v) is 5.85. The standard InChI is InChI=1S/C17H16BrNO2/c18-15-8-4-3-7-14(15)17(20)19-11-16-13-6-2-1-5-12(13)9-10-21-16/h1-8,16H,9-11H2,(H,19,20)/t16-/m1/s1. The zero-order valence-corrected chi connectivity index (χ0v) is 13.1. The van der Waals surface area contributed by atoms with E-state index in [0.29, 0.717) is 18.7 Å². The highest BCUT2D eigenvalue weighted by atomic mass is 79.9. The Hall–Kier alpha value is -1.65. The Bertz CT molecular complexity index is 657. The molecule has 2 aromatic rings. The van der Waals surface area contributed by atoms with Crippen molar-refractivity contribution >= 4 is 21.8 Å². The SMILES string of the molecule is O=C(NC[C@H]1OCCc2ccccc21)c1ccccc1Br. The maximum absolute atomic E-state index is 12.2. The molecule has 108 valence electrons. The number of hydrogen-bond donors (Lipinski definition) is 1. The Balaban J connectivity index is 1.69. The molecule has 0 radical (unpaired) electrons. The third kappa shape index (κ3) is 3.17. The lowest BCUT2D eigenvalue weighted by atomic mass is 9.97. The van der Waals surface area contributed by atoms with Crippen molar-refractivity contribution in [3.63, 3.8) is 0 Å². The number of hydrogen-bond acceptors (Lipinski definition) is 2. The first-order valence-electron chi connectivity index (χ1n) is 6.98. The Morgan fingerprint density at radius 1 is 1.19 bits per heavy atom. The van der Waals surface area contributed by atoms with Crippen LogP contribution in [-0.4, -0.2) is 19.1 Å². The Labute approximate surface area is 132 Å². The van der Waals surface area contributed by atoms with Crippen LogP contribution >= 0.6 is 15.9 Å². The zero-order valence-electron chi connectivity index (χ0n) is 11.5. The predicted molar refractivity (Wildman–Crippen MR) is 85.3 cm³/mol. The van der Waals surface area contributed by atoms with Gasteiger partial charge in [0.2, 0.25) is 0 Å². The molecule has 0 saturated heterocycles. The van der Waals surface area contributed by atoms with Crippen LogP contribution in [0.15, 0.2) is 53.0 Å². The molecule has 3 rings (SSSR count). The van der Waals surface area contributed by atoms with E-state index in [1.165, 1.54) is 11.1 Å². The molecule has 21 heavy (non-hydrogen) atoms. The van der Waals surface area contributed by atoms with Crippen LogP contribution in [0.5, 0.6) is 0 Å². The minimum atomic E-state index is -0.0888. The van der Waals surface area contributed by atoms with Crippen LogP contribution in [0, 0.1) is 0 Å². The maximum Gasteiger partial charge on any atom is 0.252 e. The highest BCUT2D eigenvalue weighted by molar-refractivity contribution is 9.10. The summed E-state index contributed by atoms with van der Waals surface area (Å²) in [5.41, 5.74) is 3.13. The van der Waals surface area contributed by atoms with Gasteiger partial charge in [-0.15, -0.1) is 0 Å². The Morgan fingerprint density at radius 2 is 1.95 bits per heavy atom. The van der Waals surface area contributed by atoms with Gasteiger partial charge in [0, 0.05) is 11.0 Å². The molecule has 0 fully saturated rings. The van der Waals surface area contributed by atoms with Gasteiger partial charge < -0.3 is 10.1 Å². The molecule has 3 nitrogen and oxygen atoms in total. The van der Waals surface area contributed by atoms with Crippen LogP contribution in [0.4, 0.5) is 0 Å². The van der Waals surface area contributed by atoms with Gasteiger partial charge in [-0.05, 0) is 45.6 Å². The molecular formula is C17H16BrNO2. The third-order valence-electron chi connectivity index (χ3n) is 3.66. The summed E-state index contributed by atoms with van der Waals surface area (Å²) in [6.45, 7) is 1.18. The van der Waals surface area contributed by atoms with Gasteiger partial charge in [0.1, 0.15) is 6.10 Å². The van der Waals surface area contributed by atoms with Gasteiger partial charge in [0.25, 0.3) is 5.91 Å². The minimum absolute atomic E-state index is 0.0682. The molecule has 1 aliphatic heterocycles. The van der Waals surface area contributed by atoms with Crippen LogP contribution in [0.3, 0.4) is 0 Å². The van der Waals surface area contributed by atoms with Crippen LogP contribution < -0.4 is 5.32 Å². The van der Waals surface area contributed by atoms with E-state index in [1.807, 2.05) is 30.3 Å². The molecule has 0 unspecified atom stereocenters. The normalized spacial score (nSPS) is 17.1. The Kier molecular flexibility index (Phi) is 4.36. The lowest BCUT2D eigenvalue weighted by Crippen LogP contribution is -2.32. The smallest absolute Gasteiger partial charge is 0.252 e. The fraction of sp³-hybridized carbons (Fsp3) is 0.235. The van der Waals surface area contributed by atoms with Crippen molar-refractivity contribution in [2.75, 3.05) is 13.2 Å². The van der Waals surface area contributed by atoms with Gasteiger partial charge in [0.15, 0.2) is 0 Å². The molecule has 0 bridgehead atoms. The van der Waals surface area contributed by atoms with Gasteiger partial charge in [-0.3, -0.25) is 4.79 Å². The summed E-state index contributed by atoms with van der Waals surface area (Å²) < 4.78 is 6.59. The lowest BCUT2D eigenvalue weighted by molar-refractivity contribution is 0.0411. The van der Waals surface area contributed by atoms with Gasteiger partial charge >= 0.3 is 0 Å². The van der Waals surface area contributed by atoms with E-state index >= 15 is 0 Å². The predicted octanol–water partition coefficient (Wildman–Crippen LogP) is 3.49. The number of amides is 1. The van der Waals surface area contributed by atoms with Crippen molar-refractivity contribution < 1.29 is 9.53 Å². The molecule has 1 amide bonds. The fourth-order valence-corrected chi connectivity index (χ4v) is 3.04. The summed E-state index contributed by atoms with van der Waals surface area (Å²) in [6.07, 6.45) is 0.867. The summed E-state index contributed by atoms with van der Waals surface area (Å²) in [4.78, 5) is 12.2. The first kappa shape index (κ1) is 14.3. The molecule has 1 atom stereocenters. The number of rotatable bonds is 3. The molecule has 1 aliphatic rings. The first-order valence-corrected chi connectivity index (χ1v) is 7.77. The second kappa shape index (κ2) is 6.41. The molecule has 0 spiro atoms. The van der Waals surface area contributed by atoms with Crippen molar-refractivity contribution in [3.05, 3.63) is 69.7 Å². The number of fused-ring (bicyclic) bond motifs is 1. The molecule has 2 aromatic carbocycles. The second-order valence-electron chi connectivity index (χ2n) is 5.00. The van der Waals surface area contributed by atoms with E-state index in [-0.39, 0.29) is 12.0 Å². The van der Waals surface area contributed by atoms with E-state index in [9.17, 15) is 4.79 Å². The largest absolute Gasteiger partial charge is 0.371 e. The summed E-state index contributed by atoms with van der Waals surface area (Å²) >= 11 is 3.40. The van der Waals surface area contributed by atoms with Crippen LogP contribution in [-0.2, 0) is 11.2 Å². The minimum Gasteiger partial charge on any atom is -0.371 e. The number of carbonyl (C=O) groups excluding carboxylic acids is 1. The lowest BCUT2D eigenvalue weighted by Gasteiger charge is -2.26. The van der Waals surface area contributed by atoms with Gasteiger partial charge in [-0.2, -0.15) is 0 Å². The molecule has 0 saturated carbocycles. The number of carbonyl (C=O) groups is 1. The van der Waals surface area contributed by atoms with E-state index in [1.54, 1.807) is 6.07 Å². The van der Waals surface area contributed by atoms with Crippen LogP contribution in [0.25, 0.3) is 0 Å². The molecule has 1 heterocycles. The number of nitrogens with one attached hydrogen (secondary N) is 1. The topological polar surface area (TPSA) is 38.3 Å². The van der Waals surface area contributed by atoms with Crippen LogP contribution in [0.1, 0.15) is 27.6 Å². The number of benzene rings is 2. The average molecular weight is 346 g/mol. The quantitative estimate of drug-likeness (QED) is 0.924. The molecule has 0 aliphatic carbocycles. The summed E-state index contributed by atoms with van der Waals surface area (Å²) in [6, 6.07) is 15.7. The van der Waals surface area contributed by atoms with Crippen molar-refractivity contribution in [2.45, 2.75) is 12.5 Å². The zero-order chi connectivity index (χ0) is 14.7. The van der Waals surface area contributed by atoms with Gasteiger partial charge in [-0.1, -0.05) is 36.4 Å². The van der Waals surface area contributed by atoms with E-state index in [4.69, 9.17) is 4.74 Å². The van der Waals surface area contributed by atoms with E-state index < -0.39 is 0 Å². The van der Waals surface area contributed by atoms with E-state index in [2.05, 4.69) is 33.4 Å². The Morgan fingerprint density at radius 3 is 2.81 bits per heavy atom. The first-order chi connectivity index (χ1) is 10.3. The number of ether oxygens (including phenoxy) is 1. The third-order valence-corrected chi connectivity index (χ3v) is 4.35. The van der Waals surface area contributed by atoms with Crippen molar-refractivity contribution in [1.29, 1.82) is 0 Å². The highest BCUT2D eigenvalue weighted by Crippen LogP contribution is 2.26. The number of halogens is 1. The van der Waals surface area contributed by atoms with Gasteiger partial charge in [-0.25, -0.2) is 0 Å². The van der Waals surface area contributed by atoms with Crippen LogP contribution in [0.2, 0.25) is 0 Å². The molecule has 4 heteroatoms. The summed E-state index contributed by atoms with van der Waals surface area (Å²) in [5.74, 6) is -0.0888. The monoisotopic (exact) mass is 345 g/mol. The van der Waals surface area contributed by atoms with E-state index in [0.717, 1.165) is 10.9 Å². The molecule has 1 N–H and O–H groups in total. The molecule has 0 aromatic heterocycles. The van der Waals surface area contributed by atoms with Crippen molar-refractivity contribution in [3.8, 4) is 0 Å². The van der Waals surface area contributed by atoms with Crippen molar-refractivity contribution in [1.82, 2.24) is 5.32 Å².